The number of alkyl halides is 3. The van der Waals surface area contributed by atoms with Gasteiger partial charge in [0, 0.05) is 24.3 Å². The number of benzene rings is 1. The summed E-state index contributed by atoms with van der Waals surface area (Å²) in [6.45, 7) is 1.84. The Balaban J connectivity index is 2.16. The molecule has 1 aliphatic heterocycles. The number of hydrogen-bond donors (Lipinski definition) is 1. The number of anilines is 1. The van der Waals surface area contributed by atoms with Crippen molar-refractivity contribution >= 4 is 11.6 Å². The van der Waals surface area contributed by atoms with Gasteiger partial charge in [-0.3, -0.25) is 4.79 Å². The molecule has 3 nitrogen and oxygen atoms in total. The summed E-state index contributed by atoms with van der Waals surface area (Å²) in [5.74, 6) is -1.77. The minimum Gasteiger partial charge on any atom is -0.399 e. The van der Waals surface area contributed by atoms with E-state index in [0.29, 0.717) is 29.8 Å². The fourth-order valence-electron chi connectivity index (χ4n) is 2.53. The zero-order valence-electron chi connectivity index (χ0n) is 11.2. The van der Waals surface area contributed by atoms with Gasteiger partial charge in [-0.05, 0) is 43.5 Å². The molecule has 0 aliphatic carbocycles. The van der Waals surface area contributed by atoms with Crippen LogP contribution < -0.4 is 5.73 Å². The summed E-state index contributed by atoms with van der Waals surface area (Å²) in [7, 11) is 0. The highest BCUT2D eigenvalue weighted by atomic mass is 19.4. The number of nitrogens with two attached hydrogens (primary N) is 1. The number of carbonyl (C=O) groups excluding carboxylic acids is 1. The lowest BCUT2D eigenvalue weighted by atomic mass is 9.96. The predicted octanol–water partition coefficient (Wildman–Crippen LogP) is 2.99. The maximum Gasteiger partial charge on any atom is 0.393 e. The van der Waals surface area contributed by atoms with Crippen molar-refractivity contribution in [3.8, 4) is 0 Å². The third kappa shape index (κ3) is 3.05. The lowest BCUT2D eigenvalue weighted by molar-refractivity contribution is -0.184. The van der Waals surface area contributed by atoms with Crippen molar-refractivity contribution in [1.82, 2.24) is 4.90 Å². The smallest absolute Gasteiger partial charge is 0.393 e. The van der Waals surface area contributed by atoms with Crippen molar-refractivity contribution < 1.29 is 18.0 Å². The number of halogens is 3. The summed E-state index contributed by atoms with van der Waals surface area (Å²) >= 11 is 0. The highest BCUT2D eigenvalue weighted by Crippen LogP contribution is 2.33. The van der Waals surface area contributed by atoms with Gasteiger partial charge >= 0.3 is 6.18 Å². The van der Waals surface area contributed by atoms with Crippen LogP contribution in [0.15, 0.2) is 18.2 Å². The summed E-state index contributed by atoms with van der Waals surface area (Å²) < 4.78 is 38.3. The van der Waals surface area contributed by atoms with Crippen LogP contribution in [0.1, 0.15) is 28.8 Å². The Morgan fingerprint density at radius 2 is 2.10 bits per heavy atom. The first-order chi connectivity index (χ1) is 9.29. The van der Waals surface area contributed by atoms with Gasteiger partial charge in [-0.25, -0.2) is 0 Å². The third-order valence-corrected chi connectivity index (χ3v) is 3.65. The van der Waals surface area contributed by atoms with Crippen LogP contribution >= 0.6 is 0 Å². The Kier molecular flexibility index (Phi) is 3.92. The highest BCUT2D eigenvalue weighted by molar-refractivity contribution is 5.96. The number of carbonyl (C=O) groups is 1. The molecule has 1 fully saturated rings. The normalized spacial score (nSPS) is 20.0. The second-order valence-corrected chi connectivity index (χ2v) is 5.21. The first kappa shape index (κ1) is 14.7. The number of amides is 1. The van der Waals surface area contributed by atoms with Gasteiger partial charge in [-0.15, -0.1) is 0 Å². The predicted molar refractivity (Wildman–Crippen MR) is 70.3 cm³/mol. The lowest BCUT2D eigenvalue weighted by Gasteiger charge is -2.34. The zero-order valence-corrected chi connectivity index (χ0v) is 11.2. The summed E-state index contributed by atoms with van der Waals surface area (Å²) in [5.41, 5.74) is 7.25. The minimum absolute atomic E-state index is 0.0913. The number of likely N-dealkylation sites (tertiary alicyclic amines) is 1. The van der Waals surface area contributed by atoms with Crippen molar-refractivity contribution in [2.45, 2.75) is 25.9 Å². The monoisotopic (exact) mass is 286 g/mol. The molecule has 1 saturated heterocycles. The first-order valence-electron chi connectivity index (χ1n) is 6.51. The minimum atomic E-state index is -4.24. The highest BCUT2D eigenvalue weighted by Gasteiger charge is 2.42. The molecule has 20 heavy (non-hydrogen) atoms. The van der Waals surface area contributed by atoms with Gasteiger partial charge in [0.2, 0.25) is 0 Å². The quantitative estimate of drug-likeness (QED) is 0.807. The number of piperidine rings is 1. The van der Waals surface area contributed by atoms with Crippen molar-refractivity contribution in [3.63, 3.8) is 0 Å². The molecule has 2 N–H and O–H groups in total. The van der Waals surface area contributed by atoms with E-state index in [1.165, 1.54) is 4.90 Å². The number of nitrogens with zero attached hydrogens (tertiary/aromatic N) is 1. The molecule has 0 spiro atoms. The largest absolute Gasteiger partial charge is 0.399 e. The molecule has 1 aromatic carbocycles. The molecule has 0 radical (unpaired) electrons. The molecule has 1 unspecified atom stereocenters. The average Bonchev–Trinajstić information content (AvgIpc) is 2.37. The van der Waals surface area contributed by atoms with E-state index in [4.69, 9.17) is 5.73 Å². The molecular weight excluding hydrogens is 269 g/mol. The molecule has 1 amide bonds. The van der Waals surface area contributed by atoms with Gasteiger partial charge in [0.15, 0.2) is 0 Å². The van der Waals surface area contributed by atoms with E-state index >= 15 is 0 Å². The van der Waals surface area contributed by atoms with Crippen LogP contribution in [-0.2, 0) is 0 Å². The molecule has 6 heteroatoms. The maximum absolute atomic E-state index is 12.8. The molecule has 0 bridgehead atoms. The molecule has 0 saturated carbocycles. The van der Waals surface area contributed by atoms with Gasteiger partial charge in [-0.2, -0.15) is 13.2 Å². The van der Waals surface area contributed by atoms with Crippen LogP contribution in [-0.4, -0.2) is 30.1 Å². The van der Waals surface area contributed by atoms with Crippen molar-refractivity contribution in [1.29, 1.82) is 0 Å². The summed E-state index contributed by atoms with van der Waals surface area (Å²) in [6.07, 6.45) is -3.77. The fourth-order valence-corrected chi connectivity index (χ4v) is 2.53. The average molecular weight is 286 g/mol. The van der Waals surface area contributed by atoms with Crippen LogP contribution in [0.25, 0.3) is 0 Å². The Labute approximate surface area is 115 Å². The maximum atomic E-state index is 12.8. The molecule has 110 valence electrons. The van der Waals surface area contributed by atoms with E-state index in [2.05, 4.69) is 0 Å². The van der Waals surface area contributed by atoms with E-state index in [-0.39, 0.29) is 18.9 Å². The number of nitrogen functional groups attached to an aromatic ring is 1. The second-order valence-electron chi connectivity index (χ2n) is 5.21. The van der Waals surface area contributed by atoms with Crippen LogP contribution in [0.2, 0.25) is 0 Å². The van der Waals surface area contributed by atoms with Crippen LogP contribution in [0.3, 0.4) is 0 Å². The zero-order chi connectivity index (χ0) is 14.9. The van der Waals surface area contributed by atoms with E-state index < -0.39 is 12.1 Å². The van der Waals surface area contributed by atoms with Crippen LogP contribution in [0.4, 0.5) is 18.9 Å². The Morgan fingerprint density at radius 1 is 1.40 bits per heavy atom. The first-order valence-corrected chi connectivity index (χ1v) is 6.51. The topological polar surface area (TPSA) is 46.3 Å². The van der Waals surface area contributed by atoms with Crippen LogP contribution in [0, 0.1) is 12.8 Å². The number of rotatable bonds is 1. The van der Waals surface area contributed by atoms with Crippen molar-refractivity contribution in [2.75, 3.05) is 18.8 Å². The molecule has 0 aromatic heterocycles. The number of hydrogen-bond acceptors (Lipinski definition) is 2. The summed E-state index contributed by atoms with van der Waals surface area (Å²) in [6, 6.07) is 4.81. The van der Waals surface area contributed by atoms with Gasteiger partial charge in [0.1, 0.15) is 0 Å². The van der Waals surface area contributed by atoms with E-state index in [0.717, 1.165) is 0 Å². The summed E-state index contributed by atoms with van der Waals surface area (Å²) in [5, 5.41) is 0. The standard InChI is InChI=1S/C14H17F3N2O/c1-9-7-11(18)4-5-12(9)13(20)19-6-2-3-10(8-19)14(15,16)17/h4-5,7,10H,2-3,6,8,18H2,1H3. The van der Waals surface area contributed by atoms with Crippen molar-refractivity contribution in [2.24, 2.45) is 5.92 Å². The Hall–Kier alpha value is -1.72. The van der Waals surface area contributed by atoms with Crippen LogP contribution in [0.5, 0.6) is 0 Å². The van der Waals surface area contributed by atoms with Gasteiger partial charge < -0.3 is 10.6 Å². The SMILES string of the molecule is Cc1cc(N)ccc1C(=O)N1CCCC(C(F)(F)F)C1. The molecule has 1 heterocycles. The fraction of sp³-hybridized carbons (Fsp3) is 0.500. The molecule has 2 rings (SSSR count). The van der Waals surface area contributed by atoms with Gasteiger partial charge in [0.25, 0.3) is 5.91 Å². The molecule has 1 aliphatic rings. The lowest BCUT2D eigenvalue weighted by Crippen LogP contribution is -2.44. The van der Waals surface area contributed by atoms with Crippen molar-refractivity contribution in [3.05, 3.63) is 29.3 Å². The second kappa shape index (κ2) is 5.34. The molecule has 1 aromatic rings. The number of aryl methyl sites for hydroxylation is 1. The summed E-state index contributed by atoms with van der Waals surface area (Å²) in [4.78, 5) is 13.6. The van der Waals surface area contributed by atoms with E-state index in [1.54, 1.807) is 25.1 Å². The third-order valence-electron chi connectivity index (χ3n) is 3.65. The molecular formula is C14H17F3N2O. The van der Waals surface area contributed by atoms with Gasteiger partial charge in [-0.1, -0.05) is 0 Å². The van der Waals surface area contributed by atoms with E-state index in [9.17, 15) is 18.0 Å². The van der Waals surface area contributed by atoms with E-state index in [1.807, 2.05) is 0 Å². The van der Waals surface area contributed by atoms with Gasteiger partial charge in [0.05, 0.1) is 5.92 Å². The molecule has 1 atom stereocenters. The Bertz CT molecular complexity index is 514. The Morgan fingerprint density at radius 3 is 2.70 bits per heavy atom.